The Hall–Kier alpha value is -3.58. The van der Waals surface area contributed by atoms with Gasteiger partial charge in [0.05, 0.1) is 53.5 Å². The molecule has 0 amide bonds. The van der Waals surface area contributed by atoms with Gasteiger partial charge in [-0.1, -0.05) is 13.3 Å². The van der Waals surface area contributed by atoms with E-state index in [1.165, 1.54) is 0 Å². The average molecular weight is 362 g/mol. The molecule has 2 rings (SSSR count). The van der Waals surface area contributed by atoms with Crippen LogP contribution in [0.15, 0.2) is 29.3 Å². The molecule has 1 aromatic carbocycles. The summed E-state index contributed by atoms with van der Waals surface area (Å²) in [5.41, 5.74) is 15.0. The number of ether oxygens (including phenoxy) is 1. The van der Waals surface area contributed by atoms with Gasteiger partial charge in [0.2, 0.25) is 0 Å². The molecule has 7 nitrogen and oxygen atoms in total. The fourth-order valence-electron chi connectivity index (χ4n) is 2.70. The molecule has 0 fully saturated rings. The van der Waals surface area contributed by atoms with Crippen molar-refractivity contribution in [3.63, 3.8) is 0 Å². The monoisotopic (exact) mass is 362 g/mol. The smallest absolute Gasteiger partial charge is 0.135 e. The van der Waals surface area contributed by atoms with Crippen LogP contribution >= 0.6 is 0 Å². The standard InChI is InChI=1S/C20H22N6O/c1-3-4-5-17-18(19(23)15(12-22)16(26-17)10-11-21)20(24)25-13-6-8-14(27-2)9-7-13/h6-9H,3-5,10H2,1-2H3,(H2,23,26)(H2,24,25). The van der Waals surface area contributed by atoms with E-state index in [0.717, 1.165) is 12.8 Å². The van der Waals surface area contributed by atoms with Gasteiger partial charge in [-0.15, -0.1) is 0 Å². The first-order chi connectivity index (χ1) is 13.0. The maximum Gasteiger partial charge on any atom is 0.135 e. The number of aliphatic imine (C=N–C) groups is 1. The Bertz CT molecular complexity index is 919. The second-order valence-corrected chi connectivity index (χ2v) is 5.91. The number of aryl methyl sites for hydroxylation is 1. The zero-order valence-corrected chi connectivity index (χ0v) is 15.5. The highest BCUT2D eigenvalue weighted by atomic mass is 16.5. The summed E-state index contributed by atoms with van der Waals surface area (Å²) in [4.78, 5) is 8.95. The Balaban J connectivity index is 2.59. The van der Waals surface area contributed by atoms with Gasteiger partial charge in [-0.25, -0.2) is 4.99 Å². The van der Waals surface area contributed by atoms with Crippen molar-refractivity contribution in [3.05, 3.63) is 46.8 Å². The second-order valence-electron chi connectivity index (χ2n) is 5.91. The van der Waals surface area contributed by atoms with Crippen LogP contribution in [0.2, 0.25) is 0 Å². The van der Waals surface area contributed by atoms with Crippen molar-refractivity contribution in [2.24, 2.45) is 10.7 Å². The molecule has 7 heteroatoms. The molecule has 2 aromatic rings. The van der Waals surface area contributed by atoms with Crippen molar-refractivity contribution < 1.29 is 4.74 Å². The number of aromatic nitrogens is 1. The number of anilines is 1. The Morgan fingerprint density at radius 3 is 2.48 bits per heavy atom. The summed E-state index contributed by atoms with van der Waals surface area (Å²) in [6.45, 7) is 2.07. The van der Waals surface area contributed by atoms with Crippen LogP contribution in [0.25, 0.3) is 0 Å². The molecular weight excluding hydrogens is 340 g/mol. The zero-order chi connectivity index (χ0) is 19.8. The van der Waals surface area contributed by atoms with E-state index in [1.54, 1.807) is 31.4 Å². The molecule has 0 spiro atoms. The topological polar surface area (TPSA) is 134 Å². The first-order valence-corrected chi connectivity index (χ1v) is 8.62. The molecule has 4 N–H and O–H groups in total. The van der Waals surface area contributed by atoms with Gasteiger partial charge in [-0.2, -0.15) is 10.5 Å². The third-order valence-corrected chi connectivity index (χ3v) is 4.09. The first-order valence-electron chi connectivity index (χ1n) is 8.62. The average Bonchev–Trinajstić information content (AvgIpc) is 2.67. The van der Waals surface area contributed by atoms with Gasteiger partial charge in [0.25, 0.3) is 0 Å². The van der Waals surface area contributed by atoms with Crippen LogP contribution in [0.3, 0.4) is 0 Å². The van der Waals surface area contributed by atoms with Crippen molar-refractivity contribution in [1.82, 2.24) is 4.98 Å². The third-order valence-electron chi connectivity index (χ3n) is 4.09. The fourth-order valence-corrected chi connectivity index (χ4v) is 2.70. The molecule has 0 bridgehead atoms. The number of hydrogen-bond donors (Lipinski definition) is 2. The number of rotatable bonds is 7. The highest BCUT2D eigenvalue weighted by Crippen LogP contribution is 2.26. The number of nitrogens with zero attached hydrogens (tertiary/aromatic N) is 4. The minimum absolute atomic E-state index is 0.0159. The second kappa shape index (κ2) is 9.21. The predicted octanol–water partition coefficient (Wildman–Crippen LogP) is 2.99. The summed E-state index contributed by atoms with van der Waals surface area (Å²) < 4.78 is 5.14. The number of benzene rings is 1. The Labute approximate surface area is 158 Å². The zero-order valence-electron chi connectivity index (χ0n) is 15.5. The van der Waals surface area contributed by atoms with Crippen LogP contribution < -0.4 is 16.2 Å². The minimum atomic E-state index is 0.0159. The summed E-state index contributed by atoms with van der Waals surface area (Å²) in [7, 11) is 1.59. The van der Waals surface area contributed by atoms with E-state index < -0.39 is 0 Å². The maximum atomic E-state index is 9.47. The molecule has 0 aliphatic rings. The van der Waals surface area contributed by atoms with Crippen molar-refractivity contribution in [2.75, 3.05) is 12.8 Å². The van der Waals surface area contributed by atoms with Gasteiger partial charge in [-0.05, 0) is 37.1 Å². The number of amidine groups is 1. The molecule has 0 saturated carbocycles. The number of unbranched alkanes of at least 4 members (excludes halogenated alkanes) is 1. The lowest BCUT2D eigenvalue weighted by molar-refractivity contribution is 0.415. The number of hydrogen-bond acceptors (Lipinski definition) is 6. The van der Waals surface area contributed by atoms with Crippen molar-refractivity contribution in [1.29, 1.82) is 10.5 Å². The van der Waals surface area contributed by atoms with E-state index in [0.29, 0.717) is 34.8 Å². The first kappa shape index (κ1) is 19.7. The molecule has 0 radical (unpaired) electrons. The lowest BCUT2D eigenvalue weighted by atomic mass is 9.99. The molecular formula is C20H22N6O. The van der Waals surface area contributed by atoms with Gasteiger partial charge < -0.3 is 16.2 Å². The van der Waals surface area contributed by atoms with Gasteiger partial charge in [0.1, 0.15) is 17.7 Å². The molecule has 0 saturated heterocycles. The molecule has 1 aromatic heterocycles. The van der Waals surface area contributed by atoms with E-state index in [2.05, 4.69) is 16.9 Å². The number of methoxy groups -OCH3 is 1. The van der Waals surface area contributed by atoms with Crippen molar-refractivity contribution >= 4 is 17.2 Å². The van der Waals surface area contributed by atoms with Crippen molar-refractivity contribution in [3.8, 4) is 17.9 Å². The summed E-state index contributed by atoms with van der Waals surface area (Å²) >= 11 is 0. The van der Waals surface area contributed by atoms with Crippen LogP contribution in [0, 0.1) is 22.7 Å². The van der Waals surface area contributed by atoms with Crippen molar-refractivity contribution in [2.45, 2.75) is 32.6 Å². The van der Waals surface area contributed by atoms with Gasteiger partial charge in [0.15, 0.2) is 0 Å². The SMILES string of the molecule is CCCCc1nc(CC#N)c(C#N)c(N)c1C(N)=Nc1ccc(OC)cc1. The highest BCUT2D eigenvalue weighted by Gasteiger charge is 2.20. The number of pyridine rings is 1. The Morgan fingerprint density at radius 2 is 1.93 bits per heavy atom. The normalized spacial score (nSPS) is 10.9. The van der Waals surface area contributed by atoms with Gasteiger partial charge >= 0.3 is 0 Å². The molecule has 27 heavy (non-hydrogen) atoms. The number of nitrogens with two attached hydrogens (primary N) is 2. The quantitative estimate of drug-likeness (QED) is 0.574. The molecule has 138 valence electrons. The summed E-state index contributed by atoms with van der Waals surface area (Å²) in [6.07, 6.45) is 2.50. The van der Waals surface area contributed by atoms with Gasteiger partial charge in [0, 0.05) is 0 Å². The largest absolute Gasteiger partial charge is 0.497 e. The van der Waals surface area contributed by atoms with E-state index in [-0.39, 0.29) is 23.5 Å². The van der Waals surface area contributed by atoms with Crippen LogP contribution in [0.5, 0.6) is 5.75 Å². The molecule has 0 aliphatic carbocycles. The molecule has 0 aliphatic heterocycles. The Kier molecular flexibility index (Phi) is 6.73. The number of nitriles is 2. The van der Waals surface area contributed by atoms with Crippen LogP contribution in [-0.4, -0.2) is 17.9 Å². The lowest BCUT2D eigenvalue weighted by Crippen LogP contribution is -2.21. The molecule has 1 heterocycles. The van der Waals surface area contributed by atoms with Crippen LogP contribution in [0.4, 0.5) is 11.4 Å². The maximum absolute atomic E-state index is 9.47. The molecule has 0 unspecified atom stereocenters. The van der Waals surface area contributed by atoms with Crippen LogP contribution in [-0.2, 0) is 12.8 Å². The van der Waals surface area contributed by atoms with E-state index in [1.807, 2.05) is 12.1 Å². The predicted molar refractivity (Wildman–Crippen MR) is 105 cm³/mol. The van der Waals surface area contributed by atoms with Gasteiger partial charge in [-0.3, -0.25) is 4.98 Å². The summed E-state index contributed by atoms with van der Waals surface area (Å²) in [5, 5.41) is 18.5. The van der Waals surface area contributed by atoms with E-state index >= 15 is 0 Å². The highest BCUT2D eigenvalue weighted by molar-refractivity contribution is 6.05. The van der Waals surface area contributed by atoms with Crippen LogP contribution in [0.1, 0.15) is 42.3 Å². The number of nitrogen functional groups attached to an aromatic ring is 1. The minimum Gasteiger partial charge on any atom is -0.497 e. The van der Waals surface area contributed by atoms with E-state index in [4.69, 9.17) is 21.5 Å². The third kappa shape index (κ3) is 4.53. The molecule has 0 atom stereocenters. The summed E-state index contributed by atoms with van der Waals surface area (Å²) in [5.74, 6) is 0.904. The lowest BCUT2D eigenvalue weighted by Gasteiger charge is -2.15. The fraction of sp³-hybridized carbons (Fsp3) is 0.300. The van der Waals surface area contributed by atoms with E-state index in [9.17, 15) is 5.26 Å². The summed E-state index contributed by atoms with van der Waals surface area (Å²) in [6, 6.07) is 11.2. The Morgan fingerprint density at radius 1 is 1.22 bits per heavy atom.